The van der Waals surface area contributed by atoms with Gasteiger partial charge in [0, 0.05) is 0 Å². The van der Waals surface area contributed by atoms with Crippen molar-refractivity contribution in [2.75, 3.05) is 7.11 Å². The van der Waals surface area contributed by atoms with E-state index in [1.807, 2.05) is 0 Å². The summed E-state index contributed by atoms with van der Waals surface area (Å²) in [5, 5.41) is 17.9. The van der Waals surface area contributed by atoms with Gasteiger partial charge < -0.3 is 10.1 Å². The van der Waals surface area contributed by atoms with Crippen LogP contribution in [0.15, 0.2) is 11.4 Å². The van der Waals surface area contributed by atoms with E-state index in [0.717, 1.165) is 0 Å². The number of aromatic amines is 1. The van der Waals surface area contributed by atoms with Crippen LogP contribution in [-0.2, 0) is 0 Å². The van der Waals surface area contributed by atoms with Crippen molar-refractivity contribution in [2.24, 2.45) is 0 Å². The fraction of sp³-hybridized carbons (Fsp3) is 0.333. The lowest BCUT2D eigenvalue weighted by atomic mass is 10.3. The normalized spacial score (nSPS) is 12.1. The van der Waals surface area contributed by atoms with Gasteiger partial charge in [-0.2, -0.15) is 5.21 Å². The molecule has 0 aliphatic heterocycles. The van der Waals surface area contributed by atoms with Crippen LogP contribution in [0, 0.1) is 0 Å². The van der Waals surface area contributed by atoms with Crippen molar-refractivity contribution in [2.45, 2.75) is 13.0 Å². The summed E-state index contributed by atoms with van der Waals surface area (Å²) in [6, 6.07) is 1.44. The monoisotopic (exact) mass is 253 g/mol. The molecule has 2 aromatic rings. The summed E-state index contributed by atoms with van der Waals surface area (Å²) in [4.78, 5) is 12.5. The number of tetrazole rings is 1. The van der Waals surface area contributed by atoms with Crippen molar-refractivity contribution in [1.29, 1.82) is 0 Å². The summed E-state index contributed by atoms with van der Waals surface area (Å²) >= 11 is 1.32. The molecular weight excluding hydrogens is 242 g/mol. The van der Waals surface area contributed by atoms with E-state index < -0.39 is 0 Å². The number of H-pyrrole nitrogens is 1. The van der Waals surface area contributed by atoms with Crippen LogP contribution in [0.25, 0.3) is 0 Å². The largest absolute Gasteiger partial charge is 0.495 e. The molecule has 1 amide bonds. The zero-order valence-corrected chi connectivity index (χ0v) is 10.1. The lowest BCUT2D eigenvalue weighted by Gasteiger charge is -2.09. The molecule has 2 N–H and O–H groups in total. The van der Waals surface area contributed by atoms with Gasteiger partial charge in [-0.1, -0.05) is 5.21 Å². The highest BCUT2D eigenvalue weighted by Gasteiger charge is 2.18. The van der Waals surface area contributed by atoms with Crippen LogP contribution in [-0.4, -0.2) is 33.6 Å². The molecular formula is C9H11N5O2S. The Balaban J connectivity index is 2.07. The second-order valence-electron chi connectivity index (χ2n) is 3.28. The summed E-state index contributed by atoms with van der Waals surface area (Å²) in [5.74, 6) is 0.788. The molecule has 0 spiro atoms. The summed E-state index contributed by atoms with van der Waals surface area (Å²) in [6.07, 6.45) is 0. The number of thiophene rings is 1. The second-order valence-corrected chi connectivity index (χ2v) is 4.20. The number of rotatable bonds is 4. The van der Waals surface area contributed by atoms with Crippen molar-refractivity contribution in [3.8, 4) is 5.75 Å². The lowest BCUT2D eigenvalue weighted by Crippen LogP contribution is -2.27. The molecule has 7 nitrogen and oxygen atoms in total. The van der Waals surface area contributed by atoms with E-state index in [2.05, 4.69) is 25.9 Å². The van der Waals surface area contributed by atoms with Gasteiger partial charge >= 0.3 is 0 Å². The number of hydrogen-bond acceptors (Lipinski definition) is 6. The maximum absolute atomic E-state index is 11.9. The Morgan fingerprint density at radius 3 is 3.12 bits per heavy atom. The Morgan fingerprint density at radius 1 is 1.65 bits per heavy atom. The zero-order valence-electron chi connectivity index (χ0n) is 9.30. The molecule has 8 heteroatoms. The van der Waals surface area contributed by atoms with Gasteiger partial charge in [0.1, 0.15) is 10.6 Å². The Morgan fingerprint density at radius 2 is 2.47 bits per heavy atom. The van der Waals surface area contributed by atoms with Gasteiger partial charge in [-0.05, 0) is 18.4 Å². The van der Waals surface area contributed by atoms with Gasteiger partial charge in [0.25, 0.3) is 5.91 Å². The number of amides is 1. The van der Waals surface area contributed by atoms with E-state index in [1.54, 1.807) is 18.4 Å². The quantitative estimate of drug-likeness (QED) is 0.839. The van der Waals surface area contributed by atoms with Gasteiger partial charge in [-0.3, -0.25) is 4.79 Å². The Hall–Kier alpha value is -1.96. The van der Waals surface area contributed by atoms with Crippen molar-refractivity contribution in [3.63, 3.8) is 0 Å². The number of nitrogens with zero attached hydrogens (tertiary/aromatic N) is 3. The fourth-order valence-corrected chi connectivity index (χ4v) is 2.06. The highest BCUT2D eigenvalue weighted by atomic mass is 32.1. The van der Waals surface area contributed by atoms with Crippen molar-refractivity contribution < 1.29 is 9.53 Å². The molecule has 2 rings (SSSR count). The first-order chi connectivity index (χ1) is 8.22. The van der Waals surface area contributed by atoms with Gasteiger partial charge in [-0.15, -0.1) is 21.5 Å². The Labute approximate surface area is 101 Å². The lowest BCUT2D eigenvalue weighted by molar-refractivity contribution is 0.0939. The average Bonchev–Trinajstić information content (AvgIpc) is 2.99. The summed E-state index contributed by atoms with van der Waals surface area (Å²) < 4.78 is 5.08. The summed E-state index contributed by atoms with van der Waals surface area (Å²) in [7, 11) is 1.53. The number of carbonyl (C=O) groups is 1. The van der Waals surface area contributed by atoms with E-state index in [9.17, 15) is 4.79 Å². The third kappa shape index (κ3) is 2.41. The van der Waals surface area contributed by atoms with Gasteiger partial charge in [-0.25, -0.2) is 0 Å². The number of ether oxygens (including phenoxy) is 1. The number of hydrogen-bond donors (Lipinski definition) is 2. The van der Waals surface area contributed by atoms with Crippen LogP contribution in [0.5, 0.6) is 5.75 Å². The van der Waals surface area contributed by atoms with Crippen LogP contribution in [0.1, 0.15) is 28.5 Å². The first kappa shape index (κ1) is 11.5. The minimum absolute atomic E-state index is 0.214. The van der Waals surface area contributed by atoms with E-state index in [0.29, 0.717) is 16.5 Å². The van der Waals surface area contributed by atoms with E-state index in [1.165, 1.54) is 18.4 Å². The van der Waals surface area contributed by atoms with Gasteiger partial charge in [0.15, 0.2) is 5.82 Å². The first-order valence-corrected chi connectivity index (χ1v) is 5.76. The van der Waals surface area contributed by atoms with Crippen molar-refractivity contribution >= 4 is 17.2 Å². The van der Waals surface area contributed by atoms with Gasteiger partial charge in [0.2, 0.25) is 0 Å². The van der Waals surface area contributed by atoms with E-state index >= 15 is 0 Å². The fourth-order valence-electron chi connectivity index (χ4n) is 1.30. The smallest absolute Gasteiger partial charge is 0.265 e. The molecule has 0 aromatic carbocycles. The summed E-state index contributed by atoms with van der Waals surface area (Å²) in [6.45, 7) is 1.78. The average molecular weight is 253 g/mol. The minimum Gasteiger partial charge on any atom is -0.495 e. The Kier molecular flexibility index (Phi) is 3.33. The third-order valence-corrected chi connectivity index (χ3v) is 3.05. The molecule has 0 saturated heterocycles. The molecule has 2 aromatic heterocycles. The maximum atomic E-state index is 11.9. The van der Waals surface area contributed by atoms with Crippen LogP contribution >= 0.6 is 11.3 Å². The minimum atomic E-state index is -0.312. The highest BCUT2D eigenvalue weighted by Crippen LogP contribution is 2.24. The zero-order chi connectivity index (χ0) is 12.3. The van der Waals surface area contributed by atoms with Crippen molar-refractivity contribution in [1.82, 2.24) is 25.9 Å². The Bertz CT molecular complexity index is 495. The van der Waals surface area contributed by atoms with Crippen LogP contribution in [0.2, 0.25) is 0 Å². The van der Waals surface area contributed by atoms with Crippen LogP contribution in [0.3, 0.4) is 0 Å². The maximum Gasteiger partial charge on any atom is 0.265 e. The molecule has 0 aliphatic rings. The molecule has 1 atom stereocenters. The number of methoxy groups -OCH3 is 1. The topological polar surface area (TPSA) is 92.8 Å². The molecule has 0 aliphatic carbocycles. The first-order valence-electron chi connectivity index (χ1n) is 4.88. The molecule has 90 valence electrons. The molecule has 17 heavy (non-hydrogen) atoms. The molecule has 0 bridgehead atoms. The number of aromatic nitrogens is 4. The predicted molar refractivity (Wildman–Crippen MR) is 60.9 cm³/mol. The molecule has 0 saturated carbocycles. The highest BCUT2D eigenvalue weighted by molar-refractivity contribution is 7.12. The molecule has 0 radical (unpaired) electrons. The SMILES string of the molecule is COc1ccsc1C(=O)NC(C)c1nn[nH]n1. The predicted octanol–water partition coefficient (Wildman–Crippen LogP) is 0.761. The standard InChI is InChI=1S/C9H11N5O2S/c1-5(8-11-13-14-12-8)10-9(15)7-6(16-2)3-4-17-7/h3-5H,1-2H3,(H,10,15)(H,11,12,13,14). The van der Waals surface area contributed by atoms with Crippen molar-refractivity contribution in [3.05, 3.63) is 22.1 Å². The van der Waals surface area contributed by atoms with E-state index in [-0.39, 0.29) is 11.9 Å². The van der Waals surface area contributed by atoms with Crippen LogP contribution < -0.4 is 10.1 Å². The van der Waals surface area contributed by atoms with Gasteiger partial charge in [0.05, 0.1) is 13.2 Å². The third-order valence-electron chi connectivity index (χ3n) is 2.15. The van der Waals surface area contributed by atoms with Crippen LogP contribution in [0.4, 0.5) is 0 Å². The molecule has 2 heterocycles. The molecule has 1 unspecified atom stereocenters. The summed E-state index contributed by atoms with van der Waals surface area (Å²) in [5.41, 5.74) is 0. The number of carbonyl (C=O) groups excluding carboxylic acids is 1. The van der Waals surface area contributed by atoms with E-state index in [4.69, 9.17) is 4.74 Å². The molecule has 0 fully saturated rings. The second kappa shape index (κ2) is 4.91. The number of nitrogens with one attached hydrogen (secondary N) is 2.